The first-order valence-corrected chi connectivity index (χ1v) is 8.90. The molecule has 0 aromatic carbocycles. The molecule has 0 saturated heterocycles. The number of rotatable bonds is 7. The van der Waals surface area contributed by atoms with Gasteiger partial charge in [0.25, 0.3) is 0 Å². The van der Waals surface area contributed by atoms with Gasteiger partial charge in [0.2, 0.25) is 0 Å². The number of hydrogen-bond acceptors (Lipinski definition) is 3. The van der Waals surface area contributed by atoms with Gasteiger partial charge in [-0.15, -0.1) is 0 Å². The summed E-state index contributed by atoms with van der Waals surface area (Å²) >= 11 is 1.94. The predicted molar refractivity (Wildman–Crippen MR) is 84.2 cm³/mol. The minimum absolute atomic E-state index is 0.588. The van der Waals surface area contributed by atoms with Crippen LogP contribution in [0.4, 0.5) is 0 Å². The quantitative estimate of drug-likeness (QED) is 0.771. The van der Waals surface area contributed by atoms with E-state index in [1.807, 2.05) is 11.8 Å². The molecule has 1 rings (SSSR count). The van der Waals surface area contributed by atoms with E-state index < -0.39 is 0 Å². The molecule has 0 bridgehead atoms. The van der Waals surface area contributed by atoms with Crippen LogP contribution in [0.5, 0.6) is 0 Å². The topological polar surface area (TPSA) is 29.3 Å². The molecule has 0 amide bonds. The summed E-state index contributed by atoms with van der Waals surface area (Å²) in [5.74, 6) is 2.97. The number of likely N-dealkylation sites (N-methyl/N-ethyl adjacent to an activating group) is 1. The first-order valence-electron chi connectivity index (χ1n) is 7.51. The second-order valence-electron chi connectivity index (χ2n) is 6.13. The number of thioether (sulfide) groups is 1. The van der Waals surface area contributed by atoms with Gasteiger partial charge in [-0.3, -0.25) is 4.90 Å². The average Bonchev–Trinajstić information content (AvgIpc) is 2.36. The number of hydrogen-bond donors (Lipinski definition) is 1. The minimum Gasteiger partial charge on any atom is -0.329 e. The fourth-order valence-corrected chi connectivity index (χ4v) is 3.92. The monoisotopic (exact) mass is 272 g/mol. The van der Waals surface area contributed by atoms with Gasteiger partial charge in [0.15, 0.2) is 0 Å². The van der Waals surface area contributed by atoms with Crippen LogP contribution in [0, 0.1) is 11.8 Å². The van der Waals surface area contributed by atoms with E-state index in [0.717, 1.165) is 18.4 Å². The van der Waals surface area contributed by atoms with Crippen molar-refractivity contribution in [3.8, 4) is 0 Å². The maximum atomic E-state index is 6.07. The second kappa shape index (κ2) is 8.44. The van der Waals surface area contributed by atoms with Crippen molar-refractivity contribution in [3.63, 3.8) is 0 Å². The predicted octanol–water partition coefficient (Wildman–Crippen LogP) is 3.21. The molecule has 2 N–H and O–H groups in total. The van der Waals surface area contributed by atoms with Gasteiger partial charge < -0.3 is 5.73 Å². The Balaban J connectivity index is 2.52. The highest BCUT2D eigenvalue weighted by Gasteiger charge is 2.30. The number of nitrogens with zero attached hydrogens (tertiary/aromatic N) is 1. The largest absolute Gasteiger partial charge is 0.329 e. The van der Waals surface area contributed by atoms with Crippen LogP contribution in [-0.4, -0.2) is 42.6 Å². The van der Waals surface area contributed by atoms with Gasteiger partial charge in [-0.05, 0) is 57.1 Å². The Morgan fingerprint density at radius 1 is 1.39 bits per heavy atom. The lowest BCUT2D eigenvalue weighted by Crippen LogP contribution is -2.48. The lowest BCUT2D eigenvalue weighted by Gasteiger charge is -2.40. The minimum atomic E-state index is 0.588. The summed E-state index contributed by atoms with van der Waals surface area (Å²) in [5, 5.41) is 0. The molecule has 4 unspecified atom stereocenters. The first kappa shape index (κ1) is 16.3. The van der Waals surface area contributed by atoms with E-state index in [1.54, 1.807) is 0 Å². The molecule has 0 aliphatic heterocycles. The third-order valence-electron chi connectivity index (χ3n) is 4.72. The third kappa shape index (κ3) is 4.75. The molecular weight excluding hydrogens is 240 g/mol. The fraction of sp³-hybridized carbons (Fsp3) is 1.00. The third-order valence-corrected chi connectivity index (χ3v) is 5.36. The molecule has 3 heteroatoms. The van der Waals surface area contributed by atoms with E-state index in [4.69, 9.17) is 5.73 Å². The number of nitrogens with two attached hydrogens (primary N) is 1. The highest BCUT2D eigenvalue weighted by atomic mass is 32.2. The maximum Gasteiger partial charge on any atom is 0.0246 e. The van der Waals surface area contributed by atoms with Crippen LogP contribution in [0.25, 0.3) is 0 Å². The Kier molecular flexibility index (Phi) is 7.66. The van der Waals surface area contributed by atoms with Crippen molar-refractivity contribution in [2.45, 2.75) is 58.0 Å². The average molecular weight is 273 g/mol. The highest BCUT2D eigenvalue weighted by Crippen LogP contribution is 2.32. The zero-order valence-corrected chi connectivity index (χ0v) is 13.5. The van der Waals surface area contributed by atoms with Crippen molar-refractivity contribution in [1.82, 2.24) is 4.90 Å². The Hall–Kier alpha value is 0.270. The van der Waals surface area contributed by atoms with Crippen LogP contribution in [0.1, 0.15) is 46.0 Å². The second-order valence-corrected chi connectivity index (χ2v) is 7.12. The summed E-state index contributed by atoms with van der Waals surface area (Å²) in [4.78, 5) is 2.55. The van der Waals surface area contributed by atoms with Gasteiger partial charge >= 0.3 is 0 Å². The Labute approximate surface area is 118 Å². The molecule has 0 aromatic rings. The summed E-state index contributed by atoms with van der Waals surface area (Å²) in [7, 11) is 2.28. The SMILES string of the molecule is CSCCC(C)N(C)C(CN)C1CCCC(C)C1. The maximum absolute atomic E-state index is 6.07. The van der Waals surface area contributed by atoms with E-state index in [0.29, 0.717) is 12.1 Å². The summed E-state index contributed by atoms with van der Waals surface area (Å²) in [6.45, 7) is 5.57. The molecule has 0 spiro atoms. The normalized spacial score (nSPS) is 28.3. The van der Waals surface area contributed by atoms with Crippen LogP contribution in [0.3, 0.4) is 0 Å². The van der Waals surface area contributed by atoms with E-state index in [-0.39, 0.29) is 0 Å². The molecule has 0 radical (unpaired) electrons. The van der Waals surface area contributed by atoms with Crippen LogP contribution < -0.4 is 5.73 Å². The summed E-state index contributed by atoms with van der Waals surface area (Å²) in [6, 6.07) is 1.24. The lowest BCUT2D eigenvalue weighted by atomic mass is 9.78. The fourth-order valence-electron chi connectivity index (χ4n) is 3.34. The van der Waals surface area contributed by atoms with Crippen LogP contribution >= 0.6 is 11.8 Å². The Morgan fingerprint density at radius 3 is 2.67 bits per heavy atom. The van der Waals surface area contributed by atoms with Gasteiger partial charge in [0.1, 0.15) is 0 Å². The van der Waals surface area contributed by atoms with E-state index in [9.17, 15) is 0 Å². The van der Waals surface area contributed by atoms with Crippen molar-refractivity contribution in [1.29, 1.82) is 0 Å². The Bertz CT molecular complexity index is 223. The van der Waals surface area contributed by atoms with Gasteiger partial charge in [0, 0.05) is 18.6 Å². The molecular formula is C15H32N2S. The van der Waals surface area contributed by atoms with Gasteiger partial charge in [-0.25, -0.2) is 0 Å². The van der Waals surface area contributed by atoms with Crippen molar-refractivity contribution in [2.24, 2.45) is 17.6 Å². The first-order chi connectivity index (χ1) is 8.60. The van der Waals surface area contributed by atoms with Crippen LogP contribution in [0.2, 0.25) is 0 Å². The van der Waals surface area contributed by atoms with E-state index >= 15 is 0 Å². The van der Waals surface area contributed by atoms with Crippen LogP contribution in [0.15, 0.2) is 0 Å². The van der Waals surface area contributed by atoms with Crippen molar-refractivity contribution in [3.05, 3.63) is 0 Å². The molecule has 1 aliphatic rings. The van der Waals surface area contributed by atoms with Crippen LogP contribution in [-0.2, 0) is 0 Å². The van der Waals surface area contributed by atoms with Gasteiger partial charge in [-0.2, -0.15) is 11.8 Å². The molecule has 0 aromatic heterocycles. The molecule has 1 fully saturated rings. The van der Waals surface area contributed by atoms with Crippen molar-refractivity contribution >= 4 is 11.8 Å². The van der Waals surface area contributed by atoms with E-state index in [2.05, 4.69) is 32.1 Å². The molecule has 18 heavy (non-hydrogen) atoms. The Morgan fingerprint density at radius 2 is 2.11 bits per heavy atom. The molecule has 4 atom stereocenters. The van der Waals surface area contributed by atoms with Crippen molar-refractivity contribution < 1.29 is 0 Å². The summed E-state index contributed by atoms with van der Waals surface area (Å²) in [5.41, 5.74) is 6.07. The smallest absolute Gasteiger partial charge is 0.0246 e. The standard InChI is InChI=1S/C15H32N2S/c1-12-6-5-7-14(10-12)15(11-16)17(3)13(2)8-9-18-4/h12-15H,5-11,16H2,1-4H3. The van der Waals surface area contributed by atoms with E-state index in [1.165, 1.54) is 37.9 Å². The zero-order valence-electron chi connectivity index (χ0n) is 12.7. The molecule has 108 valence electrons. The highest BCUT2D eigenvalue weighted by molar-refractivity contribution is 7.98. The zero-order chi connectivity index (χ0) is 13.5. The summed E-state index contributed by atoms with van der Waals surface area (Å²) in [6.07, 6.45) is 9.04. The lowest BCUT2D eigenvalue weighted by molar-refractivity contribution is 0.0991. The summed E-state index contributed by atoms with van der Waals surface area (Å²) < 4.78 is 0. The van der Waals surface area contributed by atoms with Gasteiger partial charge in [0.05, 0.1) is 0 Å². The molecule has 1 saturated carbocycles. The molecule has 2 nitrogen and oxygen atoms in total. The molecule has 1 aliphatic carbocycles. The van der Waals surface area contributed by atoms with Gasteiger partial charge in [-0.1, -0.05) is 19.8 Å². The van der Waals surface area contributed by atoms with Crippen molar-refractivity contribution in [2.75, 3.05) is 25.6 Å². The molecule has 0 heterocycles.